The summed E-state index contributed by atoms with van der Waals surface area (Å²) in [5, 5.41) is 11.2. The van der Waals surface area contributed by atoms with E-state index in [0.29, 0.717) is 0 Å². The van der Waals surface area contributed by atoms with Crippen LogP contribution in [0.15, 0.2) is 12.1 Å². The van der Waals surface area contributed by atoms with Crippen molar-refractivity contribution in [3.63, 3.8) is 0 Å². The van der Waals surface area contributed by atoms with Gasteiger partial charge < -0.3 is 10.4 Å². The van der Waals surface area contributed by atoms with E-state index in [9.17, 15) is 14.0 Å². The highest BCUT2D eigenvalue weighted by molar-refractivity contribution is 6.00. The minimum Gasteiger partial charge on any atom is -0.478 e. The molecule has 1 rings (SSSR count). The normalized spacial score (nSPS) is 11.1. The van der Waals surface area contributed by atoms with E-state index in [1.54, 1.807) is 20.8 Å². The van der Waals surface area contributed by atoms with Gasteiger partial charge in [0.25, 0.3) is 0 Å². The molecule has 0 aliphatic heterocycles. The van der Waals surface area contributed by atoms with Crippen molar-refractivity contribution in [2.24, 2.45) is 5.41 Å². The summed E-state index contributed by atoms with van der Waals surface area (Å²) in [6.07, 6.45) is 0. The Balaban J connectivity index is 3.09. The first-order valence-electron chi connectivity index (χ1n) is 4.93. The SMILES string of the molecule is CC(C)(C)C(=O)Nc1nc(F)ccc1C(=O)O. The third-order valence-electron chi connectivity index (χ3n) is 2.00. The van der Waals surface area contributed by atoms with Crippen LogP contribution in [0.2, 0.25) is 0 Å². The van der Waals surface area contributed by atoms with Crippen molar-refractivity contribution in [1.29, 1.82) is 0 Å². The van der Waals surface area contributed by atoms with Gasteiger partial charge >= 0.3 is 5.97 Å². The standard InChI is InChI=1S/C11H13FN2O3/c1-11(2,3)10(17)14-8-6(9(15)16)4-5-7(12)13-8/h4-5H,1-3H3,(H,15,16)(H,13,14,17). The molecule has 17 heavy (non-hydrogen) atoms. The van der Waals surface area contributed by atoms with E-state index in [0.717, 1.165) is 12.1 Å². The first-order chi connectivity index (χ1) is 7.71. The molecular weight excluding hydrogens is 227 g/mol. The van der Waals surface area contributed by atoms with Crippen molar-refractivity contribution in [1.82, 2.24) is 4.98 Å². The number of amides is 1. The largest absolute Gasteiger partial charge is 0.478 e. The van der Waals surface area contributed by atoms with Crippen LogP contribution in [0.3, 0.4) is 0 Å². The van der Waals surface area contributed by atoms with Gasteiger partial charge in [0, 0.05) is 5.41 Å². The molecule has 0 spiro atoms. The van der Waals surface area contributed by atoms with Gasteiger partial charge in [-0.3, -0.25) is 4.79 Å². The highest BCUT2D eigenvalue weighted by Gasteiger charge is 2.24. The molecule has 2 N–H and O–H groups in total. The summed E-state index contributed by atoms with van der Waals surface area (Å²) in [6.45, 7) is 4.96. The average molecular weight is 240 g/mol. The molecule has 1 aromatic rings. The second kappa shape index (κ2) is 4.48. The van der Waals surface area contributed by atoms with E-state index in [1.165, 1.54) is 0 Å². The van der Waals surface area contributed by atoms with Crippen molar-refractivity contribution < 1.29 is 19.1 Å². The van der Waals surface area contributed by atoms with Crippen LogP contribution < -0.4 is 5.32 Å². The minimum absolute atomic E-state index is 0.246. The molecule has 0 saturated heterocycles. The van der Waals surface area contributed by atoms with Gasteiger partial charge in [0.05, 0.1) is 0 Å². The lowest BCUT2D eigenvalue weighted by Gasteiger charge is -2.17. The molecule has 1 aromatic heterocycles. The highest BCUT2D eigenvalue weighted by Crippen LogP contribution is 2.19. The number of nitrogens with one attached hydrogen (secondary N) is 1. The van der Waals surface area contributed by atoms with Gasteiger partial charge in [-0.25, -0.2) is 9.78 Å². The summed E-state index contributed by atoms with van der Waals surface area (Å²) in [5.74, 6) is -2.84. The zero-order valence-electron chi connectivity index (χ0n) is 9.74. The Morgan fingerprint density at radius 1 is 1.35 bits per heavy atom. The van der Waals surface area contributed by atoms with Gasteiger partial charge in [-0.1, -0.05) is 20.8 Å². The Morgan fingerprint density at radius 3 is 2.41 bits per heavy atom. The van der Waals surface area contributed by atoms with Crippen molar-refractivity contribution >= 4 is 17.7 Å². The molecule has 0 aromatic carbocycles. The third-order valence-corrected chi connectivity index (χ3v) is 2.00. The number of halogens is 1. The number of anilines is 1. The van der Waals surface area contributed by atoms with E-state index in [2.05, 4.69) is 10.3 Å². The fourth-order valence-electron chi connectivity index (χ4n) is 0.998. The monoisotopic (exact) mass is 240 g/mol. The van der Waals surface area contributed by atoms with Crippen LogP contribution in [0.5, 0.6) is 0 Å². The van der Waals surface area contributed by atoms with E-state index in [4.69, 9.17) is 5.11 Å². The number of rotatable bonds is 2. The molecule has 1 amide bonds. The third kappa shape index (κ3) is 3.24. The predicted molar refractivity (Wildman–Crippen MR) is 59.2 cm³/mol. The van der Waals surface area contributed by atoms with Gasteiger partial charge in [-0.05, 0) is 12.1 Å². The molecule has 0 fully saturated rings. The Hall–Kier alpha value is -1.98. The molecule has 0 aliphatic rings. The molecule has 1 heterocycles. The summed E-state index contributed by atoms with van der Waals surface area (Å²) in [4.78, 5) is 25.9. The maximum atomic E-state index is 12.9. The second-order valence-corrected chi connectivity index (χ2v) is 4.54. The summed E-state index contributed by atoms with van der Waals surface area (Å²) in [6, 6.07) is 1.99. The molecule has 0 atom stereocenters. The van der Waals surface area contributed by atoms with Gasteiger partial charge in [-0.15, -0.1) is 0 Å². The maximum absolute atomic E-state index is 12.9. The van der Waals surface area contributed by atoms with Gasteiger partial charge in [0.15, 0.2) is 5.82 Å². The first-order valence-corrected chi connectivity index (χ1v) is 4.93. The van der Waals surface area contributed by atoms with E-state index < -0.39 is 23.2 Å². The number of nitrogens with zero attached hydrogens (tertiary/aromatic N) is 1. The Bertz CT molecular complexity index is 466. The number of carbonyl (C=O) groups excluding carboxylic acids is 1. The number of hydrogen-bond donors (Lipinski definition) is 2. The van der Waals surface area contributed by atoms with Crippen molar-refractivity contribution in [2.75, 3.05) is 5.32 Å². The van der Waals surface area contributed by atoms with Crippen molar-refractivity contribution in [3.05, 3.63) is 23.6 Å². The fraction of sp³-hybridized carbons (Fsp3) is 0.364. The predicted octanol–water partition coefficient (Wildman–Crippen LogP) is 1.90. The number of aromatic nitrogens is 1. The highest BCUT2D eigenvalue weighted by atomic mass is 19.1. The molecule has 0 bridgehead atoms. The topological polar surface area (TPSA) is 79.3 Å². The lowest BCUT2D eigenvalue weighted by molar-refractivity contribution is -0.123. The number of carboxylic acids is 1. The minimum atomic E-state index is -1.28. The molecule has 6 heteroatoms. The van der Waals surface area contributed by atoms with Gasteiger partial charge in [-0.2, -0.15) is 4.39 Å². The molecule has 5 nitrogen and oxygen atoms in total. The van der Waals surface area contributed by atoms with E-state index in [-0.39, 0.29) is 11.4 Å². The molecule has 92 valence electrons. The molecule has 0 aliphatic carbocycles. The van der Waals surface area contributed by atoms with Crippen LogP contribution in [0.25, 0.3) is 0 Å². The lowest BCUT2D eigenvalue weighted by atomic mass is 9.95. The zero-order chi connectivity index (χ0) is 13.2. The first kappa shape index (κ1) is 13.1. The maximum Gasteiger partial charge on any atom is 0.339 e. The van der Waals surface area contributed by atoms with Crippen molar-refractivity contribution in [3.8, 4) is 0 Å². The zero-order valence-corrected chi connectivity index (χ0v) is 9.74. The lowest BCUT2D eigenvalue weighted by Crippen LogP contribution is -2.29. The quantitative estimate of drug-likeness (QED) is 0.774. The van der Waals surface area contributed by atoms with Gasteiger partial charge in [0.1, 0.15) is 5.56 Å². The van der Waals surface area contributed by atoms with Crippen LogP contribution in [-0.4, -0.2) is 22.0 Å². The van der Waals surface area contributed by atoms with Crippen LogP contribution in [-0.2, 0) is 4.79 Å². The summed E-state index contributed by atoms with van der Waals surface area (Å²) < 4.78 is 12.9. The van der Waals surface area contributed by atoms with Gasteiger partial charge in [0.2, 0.25) is 11.9 Å². The second-order valence-electron chi connectivity index (χ2n) is 4.54. The van der Waals surface area contributed by atoms with E-state index in [1.807, 2.05) is 0 Å². The molecular formula is C11H13FN2O3. The Morgan fingerprint density at radius 2 is 1.94 bits per heavy atom. The number of aromatic carboxylic acids is 1. The van der Waals surface area contributed by atoms with E-state index >= 15 is 0 Å². The summed E-state index contributed by atoms with van der Waals surface area (Å²) in [5.41, 5.74) is -0.965. The molecule has 0 unspecified atom stereocenters. The van der Waals surface area contributed by atoms with Crippen LogP contribution in [0.1, 0.15) is 31.1 Å². The number of carboxylic acid groups (broad SMARTS) is 1. The van der Waals surface area contributed by atoms with Crippen molar-refractivity contribution in [2.45, 2.75) is 20.8 Å². The molecule has 0 radical (unpaired) electrons. The van der Waals surface area contributed by atoms with Crippen LogP contribution >= 0.6 is 0 Å². The van der Waals surface area contributed by atoms with Crippen LogP contribution in [0.4, 0.5) is 10.2 Å². The summed E-state index contributed by atoms with van der Waals surface area (Å²) in [7, 11) is 0. The average Bonchev–Trinajstić information content (AvgIpc) is 2.15. The van der Waals surface area contributed by atoms with Crippen LogP contribution in [0, 0.1) is 11.4 Å². The fourth-order valence-corrected chi connectivity index (χ4v) is 0.998. The Kier molecular flexibility index (Phi) is 3.45. The number of pyridine rings is 1. The Labute approximate surface area is 97.7 Å². The number of hydrogen-bond acceptors (Lipinski definition) is 3. The summed E-state index contributed by atoms with van der Waals surface area (Å²) >= 11 is 0. The number of carbonyl (C=O) groups is 2. The molecule has 0 saturated carbocycles. The smallest absolute Gasteiger partial charge is 0.339 e.